The second-order valence-electron chi connectivity index (χ2n) is 3.23. The number of hydrogen-bond acceptors (Lipinski definition) is 1. The van der Waals surface area contributed by atoms with Gasteiger partial charge in [-0.25, -0.2) is 4.79 Å². The number of aromatic carboxylic acids is 1. The van der Waals surface area contributed by atoms with Gasteiger partial charge in [0.05, 0.1) is 5.56 Å². The first-order valence-corrected chi connectivity index (χ1v) is 5.30. The van der Waals surface area contributed by atoms with E-state index < -0.39 is 5.97 Å². The molecular formula is C13H19NaO2. The van der Waals surface area contributed by atoms with Gasteiger partial charge in [-0.3, -0.25) is 0 Å². The molecule has 0 spiro atoms. The summed E-state index contributed by atoms with van der Waals surface area (Å²) in [5.74, 6) is -0.879. The minimum absolute atomic E-state index is 0. The third kappa shape index (κ3) is 10.2. The van der Waals surface area contributed by atoms with Crippen molar-refractivity contribution in [2.75, 3.05) is 0 Å². The van der Waals surface area contributed by atoms with Crippen molar-refractivity contribution in [3.63, 3.8) is 0 Å². The average molecular weight is 230 g/mol. The quantitative estimate of drug-likeness (QED) is 0.472. The summed E-state index contributed by atoms with van der Waals surface area (Å²) in [5.41, 5.74) is 0.331. The number of unbranched alkanes of at least 4 members (excludes halogenated alkanes) is 3. The zero-order valence-corrected chi connectivity index (χ0v) is 12.3. The molecule has 0 saturated carbocycles. The molecule has 0 aromatic heterocycles. The second-order valence-corrected chi connectivity index (χ2v) is 3.23. The predicted molar refractivity (Wildman–Crippen MR) is 62.9 cm³/mol. The molecule has 0 aliphatic carbocycles. The maximum absolute atomic E-state index is 10.2. The maximum atomic E-state index is 10.2. The molecule has 1 aromatic rings. The van der Waals surface area contributed by atoms with Gasteiger partial charge in [-0.05, 0) is 12.1 Å². The third-order valence-electron chi connectivity index (χ3n) is 1.87. The van der Waals surface area contributed by atoms with Crippen LogP contribution in [0.5, 0.6) is 0 Å². The molecule has 1 rings (SSSR count). The van der Waals surface area contributed by atoms with Crippen LogP contribution < -0.4 is 29.6 Å². The Morgan fingerprint density at radius 3 is 2.06 bits per heavy atom. The number of carbonyl (C=O) groups is 1. The number of hydrogen-bond donors (Lipinski definition) is 1. The molecule has 0 unspecified atom stereocenters. The van der Waals surface area contributed by atoms with Crippen molar-refractivity contribution >= 4 is 5.97 Å². The van der Waals surface area contributed by atoms with E-state index >= 15 is 0 Å². The van der Waals surface area contributed by atoms with Gasteiger partial charge < -0.3 is 12.0 Å². The summed E-state index contributed by atoms with van der Waals surface area (Å²) >= 11 is 0. The van der Waals surface area contributed by atoms with Crippen molar-refractivity contribution in [3.05, 3.63) is 42.8 Å². The second kappa shape index (κ2) is 12.8. The van der Waals surface area contributed by atoms with Crippen LogP contribution >= 0.6 is 0 Å². The van der Waals surface area contributed by atoms with Crippen LogP contribution in [0, 0.1) is 6.92 Å². The van der Waals surface area contributed by atoms with Gasteiger partial charge in [-0.1, -0.05) is 44.4 Å². The van der Waals surface area contributed by atoms with Gasteiger partial charge in [-0.2, -0.15) is 6.42 Å². The molecule has 1 aromatic carbocycles. The van der Waals surface area contributed by atoms with Crippen LogP contribution in [-0.4, -0.2) is 11.1 Å². The molecule has 3 heteroatoms. The smallest absolute Gasteiger partial charge is 0.478 e. The van der Waals surface area contributed by atoms with Gasteiger partial charge in [0.2, 0.25) is 0 Å². The fraction of sp³-hybridized carbons (Fsp3) is 0.385. The van der Waals surface area contributed by atoms with Crippen LogP contribution in [0.2, 0.25) is 0 Å². The summed E-state index contributed by atoms with van der Waals surface area (Å²) in [7, 11) is 0. The van der Waals surface area contributed by atoms with Crippen molar-refractivity contribution in [2.45, 2.75) is 32.6 Å². The SMILES string of the molecule is O=C(O)c1ccccc1.[CH2-]CCCCC.[Na+]. The standard InChI is InChI=1S/C7H6O2.C6H13.Na/c8-7(9)6-4-2-1-3-5-6;1-3-5-6-4-2;/h1-5H,(H,8,9);1,3-6H2,2H3;/q;-1;+1. The van der Waals surface area contributed by atoms with Crippen LogP contribution in [0.3, 0.4) is 0 Å². The predicted octanol–water partition coefficient (Wildman–Crippen LogP) is 0.790. The fourth-order valence-corrected chi connectivity index (χ4v) is 1.01. The topological polar surface area (TPSA) is 37.3 Å². The van der Waals surface area contributed by atoms with Crippen molar-refractivity contribution in [1.29, 1.82) is 0 Å². The minimum atomic E-state index is -0.879. The zero-order chi connectivity index (χ0) is 11.5. The Morgan fingerprint density at radius 2 is 1.81 bits per heavy atom. The minimum Gasteiger partial charge on any atom is -0.478 e. The van der Waals surface area contributed by atoms with E-state index in [1.54, 1.807) is 30.3 Å². The zero-order valence-electron chi connectivity index (χ0n) is 10.3. The van der Waals surface area contributed by atoms with E-state index in [0.717, 1.165) is 6.42 Å². The van der Waals surface area contributed by atoms with Crippen molar-refractivity contribution < 1.29 is 39.5 Å². The molecule has 16 heavy (non-hydrogen) atoms. The normalized spacial score (nSPS) is 8.38. The number of carboxylic acids is 1. The monoisotopic (exact) mass is 230 g/mol. The summed E-state index contributed by atoms with van der Waals surface area (Å²) in [6.45, 7) is 5.93. The molecule has 0 amide bonds. The van der Waals surface area contributed by atoms with Crippen molar-refractivity contribution in [2.24, 2.45) is 0 Å². The maximum Gasteiger partial charge on any atom is 1.00 e. The Morgan fingerprint density at radius 1 is 1.25 bits per heavy atom. The van der Waals surface area contributed by atoms with Crippen LogP contribution in [0.15, 0.2) is 30.3 Å². The van der Waals surface area contributed by atoms with Gasteiger partial charge in [-0.15, -0.1) is 0 Å². The molecule has 0 aliphatic rings. The van der Waals surface area contributed by atoms with Crippen LogP contribution in [0.1, 0.15) is 43.0 Å². The third-order valence-corrected chi connectivity index (χ3v) is 1.87. The Labute approximate surface area is 120 Å². The number of carboxylic acid groups (broad SMARTS) is 1. The molecule has 0 radical (unpaired) electrons. The van der Waals surface area contributed by atoms with Crippen LogP contribution in [-0.2, 0) is 0 Å². The molecule has 2 nitrogen and oxygen atoms in total. The first kappa shape index (κ1) is 18.1. The van der Waals surface area contributed by atoms with Gasteiger partial charge in [0.25, 0.3) is 0 Å². The summed E-state index contributed by atoms with van der Waals surface area (Å²) in [6, 6.07) is 8.30. The summed E-state index contributed by atoms with van der Waals surface area (Å²) < 4.78 is 0. The fourth-order valence-electron chi connectivity index (χ4n) is 1.01. The Bertz CT molecular complexity index is 256. The number of rotatable bonds is 4. The Hall–Kier alpha value is -0.310. The largest absolute Gasteiger partial charge is 1.00 e. The van der Waals surface area contributed by atoms with E-state index in [2.05, 4.69) is 13.8 Å². The molecule has 0 fully saturated rings. The Balaban J connectivity index is 0. The van der Waals surface area contributed by atoms with E-state index in [0.29, 0.717) is 5.56 Å². The summed E-state index contributed by atoms with van der Waals surface area (Å²) in [4.78, 5) is 10.2. The summed E-state index contributed by atoms with van der Waals surface area (Å²) in [5, 5.41) is 8.38. The van der Waals surface area contributed by atoms with Crippen LogP contribution in [0.25, 0.3) is 0 Å². The van der Waals surface area contributed by atoms with Gasteiger partial charge in [0.15, 0.2) is 0 Å². The Kier molecular flexibility index (Phi) is 14.4. The van der Waals surface area contributed by atoms with E-state index in [-0.39, 0.29) is 29.6 Å². The van der Waals surface area contributed by atoms with Gasteiger partial charge in [0, 0.05) is 0 Å². The van der Waals surface area contributed by atoms with Gasteiger partial charge in [0.1, 0.15) is 0 Å². The number of benzene rings is 1. The first-order chi connectivity index (χ1) is 7.22. The van der Waals surface area contributed by atoms with E-state index in [9.17, 15) is 4.79 Å². The molecule has 0 saturated heterocycles. The van der Waals surface area contributed by atoms with E-state index in [1.807, 2.05) is 0 Å². The van der Waals surface area contributed by atoms with Gasteiger partial charge >= 0.3 is 35.5 Å². The summed E-state index contributed by atoms with van der Waals surface area (Å²) in [6.07, 6.45) is 5.07. The molecule has 1 N–H and O–H groups in total. The molecule has 84 valence electrons. The average Bonchev–Trinajstić information content (AvgIpc) is 2.28. The van der Waals surface area contributed by atoms with Crippen molar-refractivity contribution in [3.8, 4) is 0 Å². The molecule has 0 bridgehead atoms. The van der Waals surface area contributed by atoms with E-state index in [4.69, 9.17) is 5.11 Å². The first-order valence-electron chi connectivity index (χ1n) is 5.30. The van der Waals surface area contributed by atoms with E-state index in [1.165, 1.54) is 19.3 Å². The molecule has 0 aliphatic heterocycles. The van der Waals surface area contributed by atoms with Crippen LogP contribution in [0.4, 0.5) is 0 Å². The molecular weight excluding hydrogens is 211 g/mol. The molecule has 0 atom stereocenters. The molecule has 0 heterocycles. The van der Waals surface area contributed by atoms with Crippen molar-refractivity contribution in [1.82, 2.24) is 0 Å².